The number of hydrogen-bond donors (Lipinski definition) is 4. The summed E-state index contributed by atoms with van der Waals surface area (Å²) in [6.45, 7) is 8.00. The van der Waals surface area contributed by atoms with Crippen LogP contribution in [0.2, 0.25) is 0 Å². The number of hydrogen-bond acceptors (Lipinski definition) is 8. The molecule has 2 aromatic heterocycles. The molecular formula is C42H48F4N8O6. The Morgan fingerprint density at radius 2 is 1.07 bits per heavy atom. The van der Waals surface area contributed by atoms with Crippen LogP contribution >= 0.6 is 0 Å². The van der Waals surface area contributed by atoms with Gasteiger partial charge in [0.15, 0.2) is 0 Å². The SMILES string of the molecule is COC(=O)NC(C(=O)N1CCCC1c1ncc(-c2ccc3c(c2)C(F)(F)C(F)(F)c2cc(-c4cnc(C5CCCN5C(=O)[C@@H](NC(=O)OC)C(C)C)[nH]4)ccc2-3)[nH]1)C(C)C. The van der Waals surface area contributed by atoms with Crippen molar-refractivity contribution in [3.8, 4) is 33.6 Å². The number of aromatic nitrogens is 4. The average molecular weight is 837 g/mol. The van der Waals surface area contributed by atoms with Gasteiger partial charge in [-0.25, -0.2) is 19.6 Å². The molecule has 3 aliphatic rings. The first-order chi connectivity index (χ1) is 28.5. The predicted molar refractivity (Wildman–Crippen MR) is 211 cm³/mol. The number of fused-ring (bicyclic) bond motifs is 3. The molecule has 2 aromatic carbocycles. The minimum absolute atomic E-state index is 0.0490. The van der Waals surface area contributed by atoms with Crippen LogP contribution in [0.1, 0.15) is 88.2 Å². The van der Waals surface area contributed by atoms with Gasteiger partial charge in [-0.2, -0.15) is 17.6 Å². The van der Waals surface area contributed by atoms with Crippen molar-refractivity contribution in [2.24, 2.45) is 11.8 Å². The number of nitrogens with zero attached hydrogens (tertiary/aromatic N) is 4. The number of likely N-dealkylation sites (tertiary alicyclic amines) is 2. The largest absolute Gasteiger partial charge is 0.453 e. The van der Waals surface area contributed by atoms with E-state index in [1.165, 1.54) is 38.7 Å². The highest BCUT2D eigenvalue weighted by molar-refractivity contribution is 5.87. The second-order valence-electron chi connectivity index (χ2n) is 16.1. The molecule has 4 heterocycles. The van der Waals surface area contributed by atoms with E-state index in [2.05, 4.69) is 30.6 Å². The van der Waals surface area contributed by atoms with Gasteiger partial charge in [-0.05, 0) is 60.8 Å². The summed E-state index contributed by atoms with van der Waals surface area (Å²) in [4.78, 5) is 69.5. The lowest BCUT2D eigenvalue weighted by Gasteiger charge is -2.35. The molecule has 4 N–H and O–H groups in total. The van der Waals surface area contributed by atoms with Crippen LogP contribution in [0.5, 0.6) is 0 Å². The third-order valence-electron chi connectivity index (χ3n) is 11.7. The van der Waals surface area contributed by atoms with Gasteiger partial charge >= 0.3 is 24.0 Å². The topological polar surface area (TPSA) is 175 Å². The minimum Gasteiger partial charge on any atom is -0.453 e. The van der Waals surface area contributed by atoms with Crippen molar-refractivity contribution in [3.05, 3.63) is 71.6 Å². The molecule has 3 unspecified atom stereocenters. The van der Waals surface area contributed by atoms with E-state index in [1.54, 1.807) is 49.6 Å². The molecule has 1 aliphatic carbocycles. The van der Waals surface area contributed by atoms with Crippen molar-refractivity contribution < 1.29 is 46.2 Å². The number of carbonyl (C=O) groups is 4. The molecule has 60 heavy (non-hydrogen) atoms. The van der Waals surface area contributed by atoms with Crippen molar-refractivity contribution in [1.29, 1.82) is 0 Å². The highest BCUT2D eigenvalue weighted by atomic mass is 19.3. The Hall–Kier alpha value is -5.94. The smallest absolute Gasteiger partial charge is 0.407 e. The number of imidazole rings is 2. The third-order valence-corrected chi connectivity index (χ3v) is 11.7. The number of carbonyl (C=O) groups excluding carboxylic acids is 4. The zero-order valence-electron chi connectivity index (χ0n) is 34.1. The standard InChI is InChI=1S/C42H48F4N8O6/c1-21(2)33(51-39(57)59-5)37(55)53-15-7-9-31(53)35-47-19-29(49-35)23-11-13-25-26-14-12-24(18-28(26)42(45,46)41(43,44)27(25)17-23)30-20-48-36(50-30)32-10-8-16-54(32)38(56)34(22(3)4)52-40(58)60-6/h11-14,17-22,31-34H,7-10,15-16H2,1-6H3,(H,47,49)(H,48,50)(H,51,57)(H,52,58)/t31?,32?,33-,34?/m0/s1. The normalized spacial score (nSPS) is 20.1. The average Bonchev–Trinajstić information content (AvgIpc) is 4.07. The van der Waals surface area contributed by atoms with Crippen LogP contribution < -0.4 is 10.6 Å². The lowest BCUT2D eigenvalue weighted by Crippen LogP contribution is -2.51. The quantitative estimate of drug-likeness (QED) is 0.119. The van der Waals surface area contributed by atoms with Crippen molar-refractivity contribution in [2.45, 2.75) is 89.4 Å². The van der Waals surface area contributed by atoms with Crippen molar-refractivity contribution in [2.75, 3.05) is 27.3 Å². The Labute approximate surface area is 343 Å². The lowest BCUT2D eigenvalue weighted by molar-refractivity contribution is -0.225. The molecule has 4 amide bonds. The van der Waals surface area contributed by atoms with Crippen LogP contribution in [0.25, 0.3) is 33.6 Å². The molecule has 0 radical (unpaired) electrons. The van der Waals surface area contributed by atoms with Crippen molar-refractivity contribution in [3.63, 3.8) is 0 Å². The van der Waals surface area contributed by atoms with Gasteiger partial charge in [-0.1, -0.05) is 52.0 Å². The lowest BCUT2D eigenvalue weighted by atomic mass is 9.79. The van der Waals surface area contributed by atoms with Gasteiger partial charge in [0.2, 0.25) is 11.8 Å². The molecule has 4 atom stereocenters. The first-order valence-corrected chi connectivity index (χ1v) is 19.9. The van der Waals surface area contributed by atoms with Gasteiger partial charge in [0, 0.05) is 35.3 Å². The van der Waals surface area contributed by atoms with Gasteiger partial charge in [0.1, 0.15) is 23.7 Å². The monoisotopic (exact) mass is 836 g/mol. The maximum Gasteiger partial charge on any atom is 0.407 e. The van der Waals surface area contributed by atoms with Gasteiger partial charge in [-0.15, -0.1) is 0 Å². The number of methoxy groups -OCH3 is 2. The zero-order chi connectivity index (χ0) is 43.3. The van der Waals surface area contributed by atoms with Gasteiger partial charge < -0.3 is 39.9 Å². The van der Waals surface area contributed by atoms with Gasteiger partial charge in [0.25, 0.3) is 0 Å². The van der Waals surface area contributed by atoms with Crippen LogP contribution in [-0.4, -0.2) is 93.1 Å². The summed E-state index contributed by atoms with van der Waals surface area (Å²) < 4.78 is 73.9. The molecule has 0 spiro atoms. The van der Waals surface area contributed by atoms with Crippen LogP contribution in [0.15, 0.2) is 48.8 Å². The van der Waals surface area contributed by atoms with Crippen LogP contribution in [-0.2, 0) is 30.9 Å². The summed E-state index contributed by atoms with van der Waals surface area (Å²) in [6.07, 6.45) is 3.81. The van der Waals surface area contributed by atoms with E-state index in [9.17, 15) is 19.2 Å². The van der Waals surface area contributed by atoms with Crippen LogP contribution in [0, 0.1) is 11.8 Å². The molecule has 14 nitrogen and oxygen atoms in total. The van der Waals surface area contributed by atoms with Crippen LogP contribution in [0.3, 0.4) is 0 Å². The van der Waals surface area contributed by atoms with Crippen molar-refractivity contribution in [1.82, 2.24) is 40.4 Å². The Kier molecular flexibility index (Phi) is 11.4. The van der Waals surface area contributed by atoms with Crippen LogP contribution in [0.4, 0.5) is 27.2 Å². The number of alkyl halides is 4. The molecule has 2 saturated heterocycles. The van der Waals surface area contributed by atoms with Gasteiger partial charge in [0.05, 0.1) is 50.1 Å². The summed E-state index contributed by atoms with van der Waals surface area (Å²) >= 11 is 0. The van der Waals surface area contributed by atoms with E-state index in [4.69, 9.17) is 9.47 Å². The third kappa shape index (κ3) is 7.44. The summed E-state index contributed by atoms with van der Waals surface area (Å²) in [5.41, 5.74) is -0.768. The van der Waals surface area contributed by atoms with E-state index >= 15 is 17.6 Å². The Bertz CT molecular complexity index is 2130. The molecule has 7 rings (SSSR count). The number of ether oxygens (including phenoxy) is 2. The fourth-order valence-electron chi connectivity index (χ4n) is 8.44. The molecule has 4 aromatic rings. The van der Waals surface area contributed by atoms with Gasteiger partial charge in [-0.3, -0.25) is 9.59 Å². The number of nitrogens with one attached hydrogen (secondary N) is 4. The van der Waals surface area contributed by atoms with E-state index in [0.717, 1.165) is 12.1 Å². The highest BCUT2D eigenvalue weighted by Crippen LogP contribution is 2.58. The fourth-order valence-corrected chi connectivity index (χ4v) is 8.44. The maximum atomic E-state index is 16.1. The number of amides is 4. The molecule has 2 fully saturated rings. The fraction of sp³-hybridized carbons (Fsp3) is 0.476. The maximum absolute atomic E-state index is 16.1. The first kappa shape index (κ1) is 42.2. The molecular weight excluding hydrogens is 789 g/mol. The summed E-state index contributed by atoms with van der Waals surface area (Å²) in [5, 5.41) is 5.18. The minimum atomic E-state index is -4.60. The summed E-state index contributed by atoms with van der Waals surface area (Å²) in [7, 11) is 2.42. The highest BCUT2D eigenvalue weighted by Gasteiger charge is 2.63. The molecule has 0 saturated carbocycles. The number of H-pyrrole nitrogens is 2. The zero-order valence-corrected chi connectivity index (χ0v) is 34.1. The number of alkyl carbamates (subject to hydrolysis) is 2. The number of aromatic amines is 2. The van der Waals surface area contributed by atoms with E-state index in [0.29, 0.717) is 61.8 Å². The molecule has 320 valence electrons. The number of rotatable bonds is 10. The second-order valence-corrected chi connectivity index (χ2v) is 16.1. The second kappa shape index (κ2) is 16.3. The molecule has 2 aliphatic heterocycles. The Morgan fingerprint density at radius 1 is 0.683 bits per heavy atom. The summed E-state index contributed by atoms with van der Waals surface area (Å²) in [5.74, 6) is -9.54. The number of halogens is 4. The van der Waals surface area contributed by atoms with E-state index in [1.807, 2.05) is 0 Å². The first-order valence-electron chi connectivity index (χ1n) is 19.9. The Morgan fingerprint density at radius 3 is 1.42 bits per heavy atom. The number of benzene rings is 2. The predicted octanol–water partition coefficient (Wildman–Crippen LogP) is 7.42. The molecule has 0 bridgehead atoms. The molecule has 18 heteroatoms. The summed E-state index contributed by atoms with van der Waals surface area (Å²) in [6, 6.07) is 5.30. The van der Waals surface area contributed by atoms with Crippen molar-refractivity contribution >= 4 is 24.0 Å². The van der Waals surface area contributed by atoms with E-state index < -0.39 is 59.3 Å². The Balaban J connectivity index is 1.14. The van der Waals surface area contributed by atoms with E-state index in [-0.39, 0.29) is 45.9 Å².